The van der Waals surface area contributed by atoms with Gasteiger partial charge in [0.1, 0.15) is 5.76 Å². The summed E-state index contributed by atoms with van der Waals surface area (Å²) < 4.78 is 5.48. The fourth-order valence-electron chi connectivity index (χ4n) is 3.75. The average molecular weight is 404 g/mol. The maximum absolute atomic E-state index is 5.48. The summed E-state index contributed by atoms with van der Waals surface area (Å²) in [5, 5.41) is 13.3. The molecular formula is C21H33N5OS. The van der Waals surface area contributed by atoms with Gasteiger partial charge in [0.25, 0.3) is 0 Å². The van der Waals surface area contributed by atoms with Crippen LogP contribution in [0.3, 0.4) is 0 Å². The van der Waals surface area contributed by atoms with Crippen molar-refractivity contribution in [3.05, 3.63) is 39.4 Å². The number of thiophene rings is 1. The van der Waals surface area contributed by atoms with Crippen molar-refractivity contribution >= 4 is 17.3 Å². The molecule has 0 aromatic carbocycles. The fourth-order valence-corrected chi connectivity index (χ4v) is 4.61. The van der Waals surface area contributed by atoms with Crippen LogP contribution in [0.4, 0.5) is 0 Å². The van der Waals surface area contributed by atoms with E-state index < -0.39 is 0 Å². The van der Waals surface area contributed by atoms with E-state index in [1.807, 2.05) is 11.3 Å². The average Bonchev–Trinajstić information content (AvgIpc) is 3.47. The Balaban J connectivity index is 1.69. The minimum atomic E-state index is 0.402. The molecule has 2 N–H and O–H groups in total. The van der Waals surface area contributed by atoms with Crippen LogP contribution in [0.1, 0.15) is 61.5 Å². The first-order valence-electron chi connectivity index (χ1n) is 10.5. The van der Waals surface area contributed by atoms with Crippen LogP contribution in [-0.4, -0.2) is 42.2 Å². The molecule has 1 aliphatic heterocycles. The van der Waals surface area contributed by atoms with Crippen molar-refractivity contribution in [2.75, 3.05) is 26.2 Å². The highest BCUT2D eigenvalue weighted by molar-refractivity contribution is 7.10. The van der Waals surface area contributed by atoms with E-state index in [4.69, 9.17) is 9.52 Å². The molecule has 0 bridgehead atoms. The molecule has 0 amide bonds. The normalized spacial score (nSPS) is 16.5. The van der Waals surface area contributed by atoms with Gasteiger partial charge in [0.15, 0.2) is 5.96 Å². The minimum Gasteiger partial charge on any atom is -0.361 e. The summed E-state index contributed by atoms with van der Waals surface area (Å²) in [5.41, 5.74) is 2.15. The van der Waals surface area contributed by atoms with Crippen molar-refractivity contribution in [1.82, 2.24) is 20.7 Å². The molecule has 0 saturated carbocycles. The number of guanidine groups is 1. The summed E-state index contributed by atoms with van der Waals surface area (Å²) in [7, 11) is 0. The first-order chi connectivity index (χ1) is 13.8. The number of nitrogens with one attached hydrogen (secondary N) is 2. The van der Waals surface area contributed by atoms with Gasteiger partial charge in [-0.25, -0.2) is 4.99 Å². The number of rotatable bonds is 9. The third kappa shape index (κ3) is 5.14. The lowest BCUT2D eigenvalue weighted by Crippen LogP contribution is -2.42. The van der Waals surface area contributed by atoms with E-state index in [0.717, 1.165) is 48.9 Å². The quantitative estimate of drug-likeness (QED) is 0.493. The van der Waals surface area contributed by atoms with E-state index in [1.54, 1.807) is 0 Å². The highest BCUT2D eigenvalue weighted by Crippen LogP contribution is 2.27. The van der Waals surface area contributed by atoms with Crippen LogP contribution in [0.5, 0.6) is 0 Å². The zero-order valence-corrected chi connectivity index (χ0v) is 18.1. The Kier molecular flexibility index (Phi) is 7.91. The molecule has 7 heteroatoms. The number of aliphatic imine (C=N–C) groups is 1. The predicted octanol–water partition coefficient (Wildman–Crippen LogP) is 3.75. The molecule has 1 saturated heterocycles. The van der Waals surface area contributed by atoms with Gasteiger partial charge in [0.2, 0.25) is 0 Å². The summed E-state index contributed by atoms with van der Waals surface area (Å²) in [6.45, 7) is 11.0. The van der Waals surface area contributed by atoms with E-state index in [-0.39, 0.29) is 0 Å². The third-order valence-corrected chi connectivity index (χ3v) is 6.24. The zero-order valence-electron chi connectivity index (χ0n) is 17.3. The van der Waals surface area contributed by atoms with Gasteiger partial charge in [-0.2, -0.15) is 0 Å². The summed E-state index contributed by atoms with van der Waals surface area (Å²) in [5.74, 6) is 1.80. The summed E-state index contributed by atoms with van der Waals surface area (Å²) in [6.07, 6.45) is 4.30. The number of nitrogens with zero attached hydrogens (tertiary/aromatic N) is 3. The molecule has 3 rings (SSSR count). The Morgan fingerprint density at radius 1 is 1.25 bits per heavy atom. The maximum atomic E-state index is 5.48. The number of likely N-dealkylation sites (tertiary alicyclic amines) is 1. The van der Waals surface area contributed by atoms with Gasteiger partial charge in [-0.05, 0) is 50.7 Å². The number of hydrogen-bond donors (Lipinski definition) is 2. The van der Waals surface area contributed by atoms with Crippen LogP contribution < -0.4 is 10.6 Å². The highest BCUT2D eigenvalue weighted by atomic mass is 32.1. The van der Waals surface area contributed by atoms with Crippen LogP contribution in [0, 0.1) is 0 Å². The lowest BCUT2D eigenvalue weighted by molar-refractivity contribution is 0.249. The van der Waals surface area contributed by atoms with Crippen molar-refractivity contribution in [1.29, 1.82) is 0 Å². The zero-order chi connectivity index (χ0) is 19.8. The van der Waals surface area contributed by atoms with Gasteiger partial charge >= 0.3 is 0 Å². The van der Waals surface area contributed by atoms with Crippen molar-refractivity contribution in [2.45, 2.75) is 59.0 Å². The van der Waals surface area contributed by atoms with Crippen molar-refractivity contribution in [3.8, 4) is 0 Å². The van der Waals surface area contributed by atoms with E-state index >= 15 is 0 Å². The maximum Gasteiger partial charge on any atom is 0.191 e. The number of hydrogen-bond acceptors (Lipinski definition) is 5. The second-order valence-corrected chi connectivity index (χ2v) is 8.07. The van der Waals surface area contributed by atoms with E-state index in [1.165, 1.54) is 30.8 Å². The fraction of sp³-hybridized carbons (Fsp3) is 0.619. The first-order valence-corrected chi connectivity index (χ1v) is 11.4. The lowest BCUT2D eigenvalue weighted by atomic mass is 10.1. The van der Waals surface area contributed by atoms with Crippen molar-refractivity contribution in [3.63, 3.8) is 0 Å². The molecule has 2 aromatic rings. The molecule has 28 heavy (non-hydrogen) atoms. The van der Waals surface area contributed by atoms with Crippen molar-refractivity contribution < 1.29 is 4.52 Å². The Morgan fingerprint density at radius 3 is 2.71 bits per heavy atom. The molecule has 0 aliphatic carbocycles. The summed E-state index contributed by atoms with van der Waals surface area (Å²) >= 11 is 1.84. The van der Waals surface area contributed by atoms with E-state index in [0.29, 0.717) is 12.6 Å². The Morgan fingerprint density at radius 2 is 2.07 bits per heavy atom. The molecule has 0 spiro atoms. The Labute approximate surface area is 172 Å². The SMILES string of the molecule is CCNC(=NCc1c(CC)noc1CC)NCC(c1cccs1)N1CCCC1. The molecule has 1 aliphatic rings. The van der Waals surface area contributed by atoms with Gasteiger partial charge in [0.05, 0.1) is 18.3 Å². The third-order valence-electron chi connectivity index (χ3n) is 5.26. The molecule has 1 atom stereocenters. The molecule has 0 radical (unpaired) electrons. The van der Waals surface area contributed by atoms with Crippen LogP contribution in [0.2, 0.25) is 0 Å². The molecule has 3 heterocycles. The summed E-state index contributed by atoms with van der Waals surface area (Å²) in [6, 6.07) is 4.80. The summed E-state index contributed by atoms with van der Waals surface area (Å²) in [4.78, 5) is 8.84. The molecule has 1 fully saturated rings. The van der Waals surface area contributed by atoms with Gasteiger partial charge in [0, 0.05) is 30.0 Å². The molecular weight excluding hydrogens is 370 g/mol. The second-order valence-electron chi connectivity index (χ2n) is 7.09. The monoisotopic (exact) mass is 403 g/mol. The largest absolute Gasteiger partial charge is 0.361 e. The highest BCUT2D eigenvalue weighted by Gasteiger charge is 2.24. The van der Waals surface area contributed by atoms with Crippen LogP contribution in [-0.2, 0) is 19.4 Å². The topological polar surface area (TPSA) is 65.7 Å². The van der Waals surface area contributed by atoms with E-state index in [2.05, 4.69) is 59.0 Å². The Bertz CT molecular complexity index is 713. The van der Waals surface area contributed by atoms with Gasteiger partial charge in [-0.15, -0.1) is 11.3 Å². The standard InChI is InChI=1S/C21H33N5OS/c1-4-17-16(19(5-2)27-25-17)14-23-21(22-6-3)24-15-18(20-10-9-13-28-20)26-11-7-8-12-26/h9-10,13,18H,4-8,11-12,14-15H2,1-3H3,(H2,22,23,24). The smallest absolute Gasteiger partial charge is 0.191 e. The molecule has 154 valence electrons. The number of aromatic nitrogens is 1. The molecule has 1 unspecified atom stereocenters. The van der Waals surface area contributed by atoms with E-state index in [9.17, 15) is 0 Å². The lowest BCUT2D eigenvalue weighted by Gasteiger charge is -2.27. The van der Waals surface area contributed by atoms with Gasteiger partial charge < -0.3 is 15.2 Å². The minimum absolute atomic E-state index is 0.402. The predicted molar refractivity (Wildman–Crippen MR) is 116 cm³/mol. The molecule has 6 nitrogen and oxygen atoms in total. The number of aryl methyl sites for hydroxylation is 2. The first kappa shape index (κ1) is 20.9. The van der Waals surface area contributed by atoms with Gasteiger partial charge in [-0.1, -0.05) is 25.1 Å². The second kappa shape index (κ2) is 10.6. The van der Waals surface area contributed by atoms with Crippen LogP contribution in [0.25, 0.3) is 0 Å². The van der Waals surface area contributed by atoms with Crippen LogP contribution in [0.15, 0.2) is 27.0 Å². The van der Waals surface area contributed by atoms with Gasteiger partial charge in [-0.3, -0.25) is 4.90 Å². The Hall–Kier alpha value is -1.86. The molecule has 2 aromatic heterocycles. The van der Waals surface area contributed by atoms with Crippen LogP contribution >= 0.6 is 11.3 Å². The van der Waals surface area contributed by atoms with Crippen molar-refractivity contribution in [2.24, 2.45) is 4.99 Å².